The highest BCUT2D eigenvalue weighted by atomic mass is 31.2. The van der Waals surface area contributed by atoms with Crippen LogP contribution in [0.15, 0.2) is 78.6 Å². The zero-order valence-electron chi connectivity index (χ0n) is 66.2. The van der Waals surface area contributed by atoms with Gasteiger partial charge in [-0.2, -0.15) is 5.10 Å². The number of likely N-dealkylation sites (N-methyl/N-ethyl adjacent to an activating group) is 1. The number of phosphoric ester groups is 1. The number of hydrazone groups is 1. The number of hydrogen-bond donors (Lipinski definition) is 10. The third kappa shape index (κ3) is 16.2. The standard InChI is InChI=1S/C29H38N11O9P.C21H26N7O7P.C11H14N2O2.C10H14N5O6P.CH4/c1-37(2)28(44)21-17-12-7-13(18(17)22(36-35-21)29(45)38(3)4)20-19(12)26(42)39(27(20)43)6-5-34-50(46,47)49-14-8-16(48-15(14)9-41)40-11-33-23-24(30)31-10-32-25(23)40;22-18-17-19(24-8-23-18)28(9-25-17)14-6-12(13(7-29)34-14)35-36(32,33)26-3-4-27-20(30)15-10-1-2-11(5-10)16(15)21(27)31;12-3-4-13-10(14)8-6-1-2-7(5-6)9(8)11(13)15;11-9-8-10(13-3-12-9)15(4-14-8)7-1-5(6(2-16)20-7)21-22(17,18)19;/h10-17,19-20,36,41H,5-9H2,1-4H3,(H2,30,31,32)(H2,34,46,47);1-2,8-16,29H,3-7H2,(H2,22,23,24)(H2,26,32,33);1-2,6-9H,3-5,12H2;3-7,16H,1-2H2,(H2,11,12,13)(H2,17,18,19);1H4/p-4/t12?,13?,14?,15-,16-,17?,19?,20?;10?,11?,12?,13-,14-,15?,16?;;5?,6-,7-;/m11.1./s1. The monoisotopic (exact) mass is 1780 g/mol. The Bertz CT molecular complexity index is 5450. The first kappa shape index (κ1) is 89.0. The Kier molecular flexibility index (Phi) is 25.0. The number of nitrogens with zero attached hydrogens (tertiary/aromatic N) is 18. The highest BCUT2D eigenvalue weighted by molar-refractivity contribution is 7.49. The van der Waals surface area contributed by atoms with Crippen molar-refractivity contribution in [3.63, 3.8) is 0 Å². The maximum absolute atomic E-state index is 13.8. The number of nitrogens with one attached hydrogen (secondary N) is 3. The number of carbonyl (C=O) groups excluding carboxylic acids is 8. The van der Waals surface area contributed by atoms with E-state index in [1.54, 1.807) is 37.3 Å². The molecule has 0 aromatic carbocycles. The quantitative estimate of drug-likeness (QED) is 0.0154. The number of imide groups is 3. The number of aliphatic hydroxyl groups excluding tert-OH is 3. The number of imidazole rings is 3. The molecule has 6 bridgehead atoms. The van der Waals surface area contributed by atoms with Gasteiger partial charge in [-0.3, -0.25) is 91.5 Å². The minimum atomic E-state index is -5.19. The average molecular weight is 1780 g/mol. The van der Waals surface area contributed by atoms with Gasteiger partial charge >= 0.3 is 0 Å². The molecule has 24 atom stereocenters. The molecule has 124 heavy (non-hydrogen) atoms. The van der Waals surface area contributed by atoms with E-state index in [9.17, 15) is 86.9 Å². The van der Waals surface area contributed by atoms with Gasteiger partial charge in [0.25, 0.3) is 11.8 Å². The van der Waals surface area contributed by atoms with Gasteiger partial charge in [0, 0.05) is 92.6 Å². The number of phosphoric acid groups is 1. The van der Waals surface area contributed by atoms with Crippen LogP contribution in [0, 0.1) is 76.9 Å². The number of amides is 8. The van der Waals surface area contributed by atoms with Gasteiger partial charge in [0.2, 0.25) is 50.9 Å². The summed E-state index contributed by atoms with van der Waals surface area (Å²) in [6.45, 7) is -1.61. The summed E-state index contributed by atoms with van der Waals surface area (Å²) in [5.74, 6) is -4.66. The molecule has 13 heterocycles. The molecule has 6 aromatic heterocycles. The van der Waals surface area contributed by atoms with Crippen molar-refractivity contribution < 1.29 is 115 Å². The van der Waals surface area contributed by atoms with Crippen molar-refractivity contribution in [2.75, 3.05) is 104 Å². The maximum Gasteiger partial charge on any atom is 0.271 e. The van der Waals surface area contributed by atoms with Gasteiger partial charge in [0.05, 0.1) is 100 Å². The SMILES string of the molecule is C.CN(C)C(=O)C1=NNC(C(=O)N(C)C)=C2C3CC(C12)C1C(=O)N(CCNP(=O)([O-])OC2C[C@H](n4cnc5c(N)ncnc54)O[C@@H]2CO)C(=O)C31.NCCN1C(=O)C2C3C=CC(C3)C2C1=O.Nc1ncnc2c1ncn2[C@H]1CC(OP(=O)([O-])NCCN2C(=O)C3C4C=CC(C4)C3C2=O)[C@@H](CO)O1.Nc1ncnc2c1ncn2[C@H]1CC(OP(=O)([O-])[O-])[C@@H](CO)O1. The Balaban J connectivity index is 0.000000139. The largest absolute Gasteiger partial charge is 0.790 e. The Labute approximate surface area is 704 Å². The van der Waals surface area contributed by atoms with Crippen LogP contribution in [0.3, 0.4) is 0 Å². The zero-order valence-corrected chi connectivity index (χ0v) is 68.9. The van der Waals surface area contributed by atoms with E-state index in [0.29, 0.717) is 70.4 Å². The van der Waals surface area contributed by atoms with Crippen LogP contribution in [0.4, 0.5) is 17.5 Å². The normalized spacial score (nSPS) is 32.3. The number of nitrogens with two attached hydrogens (primary N) is 4. The lowest BCUT2D eigenvalue weighted by molar-refractivity contribution is -0.345. The Morgan fingerprint density at radius 2 is 0.863 bits per heavy atom. The molecule has 19 rings (SSSR count). The van der Waals surface area contributed by atoms with E-state index in [2.05, 4.69) is 82.2 Å². The van der Waals surface area contributed by atoms with Crippen LogP contribution in [0.25, 0.3) is 33.5 Å². The molecule has 52 heteroatoms. The summed E-state index contributed by atoms with van der Waals surface area (Å²) in [7, 11) is -8.25. The Hall–Kier alpha value is -9.85. The molecular formula is C72H92N25O24P3-4. The molecule has 8 amide bonds. The maximum atomic E-state index is 13.8. The molecule has 0 spiro atoms. The number of allylic oxidation sites excluding steroid dienone is 5. The minimum Gasteiger partial charge on any atom is -0.790 e. The molecule has 18 unspecified atom stereocenters. The number of likely N-dealkylation sites (tertiary alicyclic amines) is 3. The smallest absolute Gasteiger partial charge is 0.271 e. The van der Waals surface area contributed by atoms with E-state index < -0.39 is 140 Å². The van der Waals surface area contributed by atoms with Crippen molar-refractivity contribution in [1.82, 2.24) is 98.7 Å². The predicted octanol–water partition coefficient (Wildman–Crippen LogP) is -5.38. The number of ether oxygens (including phenoxy) is 3. The van der Waals surface area contributed by atoms with Crippen LogP contribution in [0.5, 0.6) is 0 Å². The van der Waals surface area contributed by atoms with Crippen LogP contribution in [-0.4, -0.2) is 275 Å². The summed E-state index contributed by atoms with van der Waals surface area (Å²) in [4.78, 5) is 193. The van der Waals surface area contributed by atoms with Crippen LogP contribution >= 0.6 is 23.3 Å². The summed E-state index contributed by atoms with van der Waals surface area (Å²) >= 11 is 0. The molecule has 10 fully saturated rings. The predicted molar refractivity (Wildman–Crippen MR) is 418 cm³/mol. The second-order valence-corrected chi connectivity index (χ2v) is 36.4. The number of hydrogen-bond acceptors (Lipinski definition) is 39. The first-order valence-corrected chi connectivity index (χ1v) is 44.1. The Morgan fingerprint density at radius 1 is 0.508 bits per heavy atom. The van der Waals surface area contributed by atoms with Gasteiger partial charge in [-0.25, -0.2) is 44.9 Å². The van der Waals surface area contributed by atoms with E-state index in [-0.39, 0.29) is 153 Å². The van der Waals surface area contributed by atoms with Crippen molar-refractivity contribution in [2.45, 2.75) is 101 Å². The van der Waals surface area contributed by atoms with Crippen molar-refractivity contribution in [3.05, 3.63) is 73.5 Å². The summed E-state index contributed by atoms with van der Waals surface area (Å²) in [6, 6.07) is 0. The van der Waals surface area contributed by atoms with Gasteiger partial charge in [-0.15, -0.1) is 0 Å². The molecule has 7 aliphatic heterocycles. The molecule has 6 aromatic rings. The van der Waals surface area contributed by atoms with Crippen LogP contribution in [-0.2, 0) is 79.8 Å². The lowest BCUT2D eigenvalue weighted by Crippen LogP contribution is -2.47. The molecule has 13 aliphatic rings. The first-order chi connectivity index (χ1) is 58.6. The highest BCUT2D eigenvalue weighted by Crippen LogP contribution is 2.63. The number of rotatable bonds is 24. The topological polar surface area (TPSA) is 696 Å². The molecule has 0 radical (unpaired) electrons. The number of aromatic nitrogens is 12. The van der Waals surface area contributed by atoms with Crippen molar-refractivity contribution >= 4 is 127 Å². The van der Waals surface area contributed by atoms with Crippen LogP contribution in [0.2, 0.25) is 0 Å². The van der Waals surface area contributed by atoms with E-state index in [1.807, 2.05) is 12.2 Å². The third-order valence-corrected chi connectivity index (χ3v) is 27.8. The van der Waals surface area contributed by atoms with E-state index in [0.717, 1.165) is 22.6 Å². The number of anilines is 3. The molecule has 6 saturated heterocycles. The fraction of sp³-hybridized carbons (Fsp3) is 0.583. The number of carbonyl (C=O) groups is 8. The first-order valence-electron chi connectivity index (χ1n) is 39.5. The molecule has 4 saturated carbocycles. The zero-order chi connectivity index (χ0) is 87.5. The molecule has 6 aliphatic carbocycles. The number of nitrogen functional groups attached to an aromatic ring is 3. The molecule has 14 N–H and O–H groups in total. The fourth-order valence-corrected chi connectivity index (χ4v) is 22.3. The van der Waals surface area contributed by atoms with Crippen molar-refractivity contribution in [3.8, 4) is 0 Å². The van der Waals surface area contributed by atoms with E-state index in [1.165, 1.54) is 57.2 Å². The molecular weight excluding hydrogens is 1690 g/mol. The Morgan fingerprint density at radius 3 is 1.22 bits per heavy atom. The lowest BCUT2D eigenvalue weighted by atomic mass is 9.69. The van der Waals surface area contributed by atoms with Gasteiger partial charge in [0.15, 0.2) is 34.4 Å². The van der Waals surface area contributed by atoms with Crippen LogP contribution in [0.1, 0.15) is 64.6 Å². The summed E-state index contributed by atoms with van der Waals surface area (Å²) in [5, 5.41) is 37.8. The minimum absolute atomic E-state index is 0. The summed E-state index contributed by atoms with van der Waals surface area (Å²) in [6.07, 6.45) is 10.5. The van der Waals surface area contributed by atoms with E-state index in [4.69, 9.17) is 46.2 Å². The highest BCUT2D eigenvalue weighted by Gasteiger charge is 2.69. The van der Waals surface area contributed by atoms with Gasteiger partial charge in [-0.1, -0.05) is 31.7 Å². The second-order valence-electron chi connectivity index (χ2n) is 32.2. The van der Waals surface area contributed by atoms with Crippen molar-refractivity contribution in [1.29, 1.82) is 0 Å². The number of fused-ring (bicyclic) bond motifs is 21. The summed E-state index contributed by atoms with van der Waals surface area (Å²) < 4.78 is 73.4. The molecule has 49 nitrogen and oxygen atoms in total. The second kappa shape index (κ2) is 34.8. The van der Waals surface area contributed by atoms with E-state index >= 15 is 0 Å². The molecule has 668 valence electrons. The van der Waals surface area contributed by atoms with Crippen LogP contribution < -0.4 is 58.1 Å². The number of aliphatic hydroxyl groups is 3. The van der Waals surface area contributed by atoms with Crippen molar-refractivity contribution in [2.24, 2.45) is 87.8 Å². The fourth-order valence-electron chi connectivity index (χ4n) is 19.7. The van der Waals surface area contributed by atoms with Gasteiger partial charge < -0.3 is 100.0 Å². The summed E-state index contributed by atoms with van der Waals surface area (Å²) in [5.41, 5.74) is 28.7. The average Bonchev–Trinajstić information content (AvgIpc) is 1.53. The van der Waals surface area contributed by atoms with Gasteiger partial charge in [-0.05, 0) is 60.3 Å². The van der Waals surface area contributed by atoms with Gasteiger partial charge in [0.1, 0.15) is 83.9 Å². The lowest BCUT2D eigenvalue weighted by Gasteiger charge is -2.36. The third-order valence-electron chi connectivity index (χ3n) is 24.9.